The average Bonchev–Trinajstić information content (AvgIpc) is 3.12. The summed E-state index contributed by atoms with van der Waals surface area (Å²) in [6.45, 7) is 11.4. The van der Waals surface area contributed by atoms with Gasteiger partial charge in [0.2, 0.25) is 5.91 Å². The van der Waals surface area contributed by atoms with Crippen LogP contribution in [0.3, 0.4) is 0 Å². The minimum atomic E-state index is -0.889. The summed E-state index contributed by atoms with van der Waals surface area (Å²) >= 11 is 0. The van der Waals surface area contributed by atoms with Crippen molar-refractivity contribution in [1.82, 2.24) is 10.2 Å². The van der Waals surface area contributed by atoms with Gasteiger partial charge in [0.05, 0.1) is 19.6 Å². The molecule has 1 heterocycles. The number of carbonyl (C=O) groups excluding carboxylic acids is 3. The lowest BCUT2D eigenvalue weighted by atomic mass is 9.96. The van der Waals surface area contributed by atoms with E-state index in [1.165, 1.54) is 32.8 Å². The van der Waals surface area contributed by atoms with E-state index in [-0.39, 0.29) is 43.9 Å². The van der Waals surface area contributed by atoms with Crippen LogP contribution < -0.4 is 10.1 Å². The lowest BCUT2D eigenvalue weighted by Crippen LogP contribution is -2.59. The molecular formula is C41H52N4O6. The first-order valence-corrected chi connectivity index (χ1v) is 17.9. The normalized spacial score (nSPS) is 16.8. The molecule has 0 aromatic heterocycles. The first kappa shape index (κ1) is 38.8. The molecule has 4 rings (SSSR count). The fourth-order valence-electron chi connectivity index (χ4n) is 5.95. The fourth-order valence-corrected chi connectivity index (χ4v) is 5.95. The molecule has 1 aliphatic carbocycles. The minimum absolute atomic E-state index is 0.147. The number of amides is 2. The summed E-state index contributed by atoms with van der Waals surface area (Å²) in [6, 6.07) is 14.6. The number of benzene rings is 2. The highest BCUT2D eigenvalue weighted by Gasteiger charge is 2.39. The number of amidine groups is 1. The Labute approximate surface area is 302 Å². The molecule has 0 radical (unpaired) electrons. The molecule has 2 aliphatic rings. The average molecular weight is 697 g/mol. The van der Waals surface area contributed by atoms with Gasteiger partial charge in [0.1, 0.15) is 18.4 Å². The number of nitrogens with one attached hydrogen (secondary N) is 1. The topological polar surface area (TPSA) is 119 Å². The lowest BCUT2D eigenvalue weighted by Gasteiger charge is -2.39. The number of carbonyl (C=O) groups is 3. The van der Waals surface area contributed by atoms with Crippen molar-refractivity contribution in [3.63, 3.8) is 0 Å². The number of allylic oxidation sites excluding steroid dienone is 4. The molecule has 10 nitrogen and oxygen atoms in total. The third-order valence-electron chi connectivity index (χ3n) is 9.07. The molecule has 2 aromatic rings. The smallest absolute Gasteiger partial charge is 0.408 e. The van der Waals surface area contributed by atoms with E-state index in [1.54, 1.807) is 11.1 Å². The number of likely N-dealkylation sites (tertiary alicyclic amines) is 1. The van der Waals surface area contributed by atoms with E-state index in [1.807, 2.05) is 67.6 Å². The monoisotopic (exact) mass is 696 g/mol. The molecule has 0 saturated carbocycles. The highest BCUT2D eigenvalue weighted by molar-refractivity contribution is 6.02. The Morgan fingerprint density at radius 2 is 1.73 bits per heavy atom. The first-order chi connectivity index (χ1) is 24.7. The summed E-state index contributed by atoms with van der Waals surface area (Å²) in [6.07, 6.45) is 14.1. The molecule has 1 fully saturated rings. The van der Waals surface area contributed by atoms with Gasteiger partial charge in [-0.25, -0.2) is 14.8 Å². The van der Waals surface area contributed by atoms with Gasteiger partial charge in [-0.15, -0.1) is 0 Å². The van der Waals surface area contributed by atoms with Crippen molar-refractivity contribution in [2.24, 2.45) is 21.8 Å². The maximum atomic E-state index is 13.5. The molecule has 2 aromatic carbocycles. The number of ether oxygens (including phenoxy) is 3. The molecule has 0 spiro atoms. The van der Waals surface area contributed by atoms with Crippen LogP contribution in [0.1, 0.15) is 76.0 Å². The molecule has 1 unspecified atom stereocenters. The SMILES string of the molecule is C=N/C(=N\C=C(/C)c1ccc(OCCCCCCC)cc1)c1ccc(C[C@H](NC(=O)OCC2=CC=CC(C)C2)C(=O)N2CC(C(=O)OC)C2)cc1. The van der Waals surface area contributed by atoms with Crippen molar-refractivity contribution in [3.05, 3.63) is 95.2 Å². The van der Waals surface area contributed by atoms with Gasteiger partial charge in [0, 0.05) is 31.3 Å². The fraction of sp³-hybridized carbons (Fsp3) is 0.439. The number of hydrogen-bond acceptors (Lipinski definition) is 7. The van der Waals surface area contributed by atoms with E-state index in [4.69, 9.17) is 14.2 Å². The van der Waals surface area contributed by atoms with Gasteiger partial charge in [-0.2, -0.15) is 0 Å². The first-order valence-electron chi connectivity index (χ1n) is 17.9. The summed E-state index contributed by atoms with van der Waals surface area (Å²) in [4.78, 5) is 48.6. The van der Waals surface area contributed by atoms with Crippen LogP contribution in [-0.2, 0) is 25.5 Å². The van der Waals surface area contributed by atoms with Gasteiger partial charge in [-0.3, -0.25) is 9.59 Å². The van der Waals surface area contributed by atoms with Crippen molar-refractivity contribution in [2.45, 2.75) is 71.8 Å². The molecule has 272 valence electrons. The second-order valence-electron chi connectivity index (χ2n) is 13.2. The van der Waals surface area contributed by atoms with Crippen molar-refractivity contribution in [2.75, 3.05) is 33.4 Å². The van der Waals surface area contributed by atoms with Crippen LogP contribution in [0.2, 0.25) is 0 Å². The van der Waals surface area contributed by atoms with Gasteiger partial charge >= 0.3 is 12.1 Å². The summed E-state index contributed by atoms with van der Waals surface area (Å²) < 4.78 is 16.2. The number of esters is 1. The molecular weight excluding hydrogens is 644 g/mol. The van der Waals surface area contributed by atoms with Crippen LogP contribution in [0.4, 0.5) is 4.79 Å². The Hall–Kier alpha value is -4.99. The quantitative estimate of drug-likeness (QED) is 0.0801. The second-order valence-corrected chi connectivity index (χ2v) is 13.2. The summed E-state index contributed by atoms with van der Waals surface area (Å²) in [5, 5.41) is 2.76. The third-order valence-corrected chi connectivity index (χ3v) is 9.07. The molecule has 2 atom stereocenters. The third kappa shape index (κ3) is 12.1. The zero-order valence-corrected chi connectivity index (χ0v) is 30.4. The highest BCUT2D eigenvalue weighted by atomic mass is 16.5. The van der Waals surface area contributed by atoms with Crippen LogP contribution in [0, 0.1) is 11.8 Å². The molecule has 1 aliphatic heterocycles. The molecule has 51 heavy (non-hydrogen) atoms. The highest BCUT2D eigenvalue weighted by Crippen LogP contribution is 2.22. The Balaban J connectivity index is 1.37. The van der Waals surface area contributed by atoms with Crippen molar-refractivity contribution in [3.8, 4) is 5.75 Å². The van der Waals surface area contributed by atoms with Gasteiger partial charge < -0.3 is 24.4 Å². The lowest BCUT2D eigenvalue weighted by molar-refractivity contribution is -0.156. The number of hydrogen-bond donors (Lipinski definition) is 1. The maximum Gasteiger partial charge on any atom is 0.408 e. The van der Waals surface area contributed by atoms with Crippen molar-refractivity contribution < 1.29 is 28.6 Å². The number of nitrogens with zero attached hydrogens (tertiary/aromatic N) is 3. The Morgan fingerprint density at radius 3 is 2.39 bits per heavy atom. The van der Waals surface area contributed by atoms with Crippen LogP contribution in [0.5, 0.6) is 5.75 Å². The van der Waals surface area contributed by atoms with Crippen LogP contribution in [0.15, 0.2) is 88.5 Å². The predicted molar refractivity (Wildman–Crippen MR) is 202 cm³/mol. The van der Waals surface area contributed by atoms with Crippen molar-refractivity contribution in [1.29, 1.82) is 0 Å². The van der Waals surface area contributed by atoms with Crippen LogP contribution in [-0.4, -0.2) is 74.9 Å². The number of aliphatic imine (C=N–C) groups is 2. The molecule has 1 saturated heterocycles. The predicted octanol–water partition coefficient (Wildman–Crippen LogP) is 7.34. The van der Waals surface area contributed by atoms with Gasteiger partial charge in [-0.1, -0.05) is 94.2 Å². The maximum absolute atomic E-state index is 13.5. The van der Waals surface area contributed by atoms with E-state index in [2.05, 4.69) is 41.9 Å². The van der Waals surface area contributed by atoms with E-state index in [0.717, 1.165) is 53.0 Å². The molecule has 2 amide bonds. The number of rotatable bonds is 17. The second kappa shape index (κ2) is 20.0. The zero-order valence-electron chi connectivity index (χ0n) is 30.4. The molecule has 10 heteroatoms. The van der Waals surface area contributed by atoms with E-state index in [0.29, 0.717) is 11.8 Å². The van der Waals surface area contributed by atoms with Crippen molar-refractivity contribution >= 4 is 36.1 Å². The Bertz CT molecular complexity index is 1600. The van der Waals surface area contributed by atoms with E-state index >= 15 is 0 Å². The summed E-state index contributed by atoms with van der Waals surface area (Å²) in [7, 11) is 1.33. The number of unbranched alkanes of at least 4 members (excludes halogenated alkanes) is 4. The Kier molecular flexibility index (Phi) is 15.2. The Morgan fingerprint density at radius 1 is 1.02 bits per heavy atom. The summed E-state index contributed by atoms with van der Waals surface area (Å²) in [5.74, 6) is 0.666. The summed E-state index contributed by atoms with van der Waals surface area (Å²) in [5.41, 5.74) is 4.56. The van der Waals surface area contributed by atoms with E-state index < -0.39 is 12.1 Å². The largest absolute Gasteiger partial charge is 0.494 e. The zero-order chi connectivity index (χ0) is 36.6. The number of methoxy groups -OCH3 is 1. The van der Waals surface area contributed by atoms with Crippen LogP contribution in [0.25, 0.3) is 5.57 Å². The van der Waals surface area contributed by atoms with Gasteiger partial charge in [0.25, 0.3) is 0 Å². The van der Waals surface area contributed by atoms with Crippen LogP contribution >= 0.6 is 0 Å². The molecule has 1 N–H and O–H groups in total. The van der Waals surface area contributed by atoms with E-state index in [9.17, 15) is 14.4 Å². The van der Waals surface area contributed by atoms with Gasteiger partial charge in [-0.05, 0) is 66.8 Å². The number of alkyl carbamates (subject to hydrolysis) is 1. The molecule has 0 bridgehead atoms. The standard InChI is InChI=1S/C41H52N4O6/c1-6-7-8-9-10-22-50-36-20-18-33(19-21-36)30(3)25-43-38(42-4)34-16-14-31(15-17-34)24-37(39(46)45-26-35(27-45)40(47)49-5)44-41(48)51-28-32-13-11-12-29(2)23-32/h11-21,25,29,35,37H,4,6-10,22-24,26-28H2,1-3,5H3,(H,44,48)/b30-25+,43-38-/t29?,37-/m0/s1. The van der Waals surface area contributed by atoms with Gasteiger partial charge in [0.15, 0.2) is 5.84 Å². The minimum Gasteiger partial charge on any atom is -0.494 e.